The third kappa shape index (κ3) is 3.63. The number of piperazine rings is 1. The number of amides is 1. The fourth-order valence-corrected chi connectivity index (χ4v) is 3.09. The van der Waals surface area contributed by atoms with Crippen LogP contribution in [0.1, 0.15) is 27.2 Å². The van der Waals surface area contributed by atoms with Crippen LogP contribution >= 0.6 is 0 Å². The molecule has 0 aliphatic carbocycles. The Morgan fingerprint density at radius 2 is 1.78 bits per heavy atom. The van der Waals surface area contributed by atoms with Crippen molar-refractivity contribution >= 4 is 22.5 Å². The van der Waals surface area contributed by atoms with Gasteiger partial charge in [0, 0.05) is 44.2 Å². The lowest BCUT2D eigenvalue weighted by molar-refractivity contribution is -0.133. The highest BCUT2D eigenvalue weighted by atomic mass is 16.2. The molecule has 1 amide bonds. The Morgan fingerprint density at radius 1 is 1.09 bits per heavy atom. The van der Waals surface area contributed by atoms with Crippen LogP contribution in [0.3, 0.4) is 0 Å². The van der Waals surface area contributed by atoms with Crippen molar-refractivity contribution in [3.8, 4) is 0 Å². The Bertz CT molecular complexity index is 692. The van der Waals surface area contributed by atoms with Crippen LogP contribution in [0.4, 0.5) is 5.82 Å². The van der Waals surface area contributed by atoms with E-state index < -0.39 is 0 Å². The van der Waals surface area contributed by atoms with E-state index in [9.17, 15) is 4.79 Å². The van der Waals surface area contributed by atoms with Crippen LogP contribution in [-0.4, -0.2) is 42.0 Å². The van der Waals surface area contributed by atoms with Crippen molar-refractivity contribution in [3.05, 3.63) is 36.5 Å². The molecule has 0 N–H and O–H groups in total. The Morgan fingerprint density at radius 3 is 2.48 bits per heavy atom. The number of carbonyl (C=O) groups excluding carboxylic acids is 1. The van der Waals surface area contributed by atoms with Crippen molar-refractivity contribution in [1.82, 2.24) is 9.88 Å². The minimum absolute atomic E-state index is 0.0470. The van der Waals surface area contributed by atoms with E-state index >= 15 is 0 Å². The van der Waals surface area contributed by atoms with E-state index in [-0.39, 0.29) is 11.3 Å². The molecule has 0 radical (unpaired) electrons. The third-order valence-electron chi connectivity index (χ3n) is 4.27. The quantitative estimate of drug-likeness (QED) is 0.853. The van der Waals surface area contributed by atoms with E-state index in [1.54, 1.807) is 0 Å². The zero-order chi connectivity index (χ0) is 16.4. The van der Waals surface area contributed by atoms with Gasteiger partial charge in [-0.2, -0.15) is 0 Å². The summed E-state index contributed by atoms with van der Waals surface area (Å²) in [6.45, 7) is 9.58. The van der Waals surface area contributed by atoms with Crippen LogP contribution < -0.4 is 4.90 Å². The molecular weight excluding hydrogens is 286 g/mol. The predicted octanol–water partition coefficient (Wildman–Crippen LogP) is 3.32. The summed E-state index contributed by atoms with van der Waals surface area (Å²) in [6, 6.07) is 10.4. The topological polar surface area (TPSA) is 36.4 Å². The van der Waals surface area contributed by atoms with E-state index in [0.717, 1.165) is 32.0 Å². The van der Waals surface area contributed by atoms with Crippen molar-refractivity contribution in [2.75, 3.05) is 31.1 Å². The third-order valence-corrected chi connectivity index (χ3v) is 4.27. The first-order chi connectivity index (χ1) is 10.9. The van der Waals surface area contributed by atoms with E-state index in [1.807, 2.05) is 17.2 Å². The van der Waals surface area contributed by atoms with Gasteiger partial charge in [0.1, 0.15) is 5.82 Å². The van der Waals surface area contributed by atoms with Gasteiger partial charge >= 0.3 is 0 Å². The van der Waals surface area contributed by atoms with Gasteiger partial charge in [-0.15, -0.1) is 0 Å². The van der Waals surface area contributed by atoms with Gasteiger partial charge in [0.25, 0.3) is 0 Å². The first-order valence-electron chi connectivity index (χ1n) is 8.30. The number of benzene rings is 1. The maximum absolute atomic E-state index is 12.4. The summed E-state index contributed by atoms with van der Waals surface area (Å²) >= 11 is 0. The molecule has 1 fully saturated rings. The molecule has 0 bridgehead atoms. The molecule has 3 rings (SSSR count). The van der Waals surface area contributed by atoms with Gasteiger partial charge in [-0.05, 0) is 16.9 Å². The molecule has 1 aromatic heterocycles. The fraction of sp³-hybridized carbons (Fsp3) is 0.474. The average molecular weight is 311 g/mol. The monoisotopic (exact) mass is 311 g/mol. The van der Waals surface area contributed by atoms with E-state index in [0.29, 0.717) is 6.42 Å². The van der Waals surface area contributed by atoms with E-state index in [1.165, 1.54) is 10.8 Å². The second kappa shape index (κ2) is 6.19. The van der Waals surface area contributed by atoms with Gasteiger partial charge in [0.2, 0.25) is 5.91 Å². The van der Waals surface area contributed by atoms with Crippen LogP contribution in [0.15, 0.2) is 36.5 Å². The zero-order valence-corrected chi connectivity index (χ0v) is 14.2. The standard InChI is InChI=1S/C19H25N3O/c1-19(2,3)14-17(23)21-10-12-22(13-11-21)18-16-7-5-4-6-15(16)8-9-20-18/h4-9H,10-14H2,1-3H3. The second-order valence-corrected chi connectivity index (χ2v) is 7.46. The molecule has 1 aromatic carbocycles. The summed E-state index contributed by atoms with van der Waals surface area (Å²) in [5.74, 6) is 1.30. The normalized spacial score (nSPS) is 16.0. The Labute approximate surface area is 138 Å². The number of fused-ring (bicyclic) bond motifs is 1. The number of pyridine rings is 1. The average Bonchev–Trinajstić information content (AvgIpc) is 2.53. The van der Waals surface area contributed by atoms with Crippen LogP contribution in [-0.2, 0) is 4.79 Å². The molecule has 122 valence electrons. The largest absolute Gasteiger partial charge is 0.353 e. The lowest BCUT2D eigenvalue weighted by Crippen LogP contribution is -2.49. The van der Waals surface area contributed by atoms with Crippen LogP contribution in [0.5, 0.6) is 0 Å². The molecule has 0 saturated carbocycles. The SMILES string of the molecule is CC(C)(C)CC(=O)N1CCN(c2nccc3ccccc23)CC1. The number of hydrogen-bond acceptors (Lipinski definition) is 3. The number of rotatable bonds is 2. The summed E-state index contributed by atoms with van der Waals surface area (Å²) < 4.78 is 0. The maximum Gasteiger partial charge on any atom is 0.223 e. The van der Waals surface area contributed by atoms with E-state index in [4.69, 9.17) is 0 Å². The lowest BCUT2D eigenvalue weighted by atomic mass is 9.91. The molecule has 2 aromatic rings. The molecule has 1 aliphatic heterocycles. The number of carbonyl (C=O) groups is 1. The number of hydrogen-bond donors (Lipinski definition) is 0. The molecular formula is C19H25N3O. The summed E-state index contributed by atoms with van der Waals surface area (Å²) in [5, 5.41) is 2.40. The lowest BCUT2D eigenvalue weighted by Gasteiger charge is -2.37. The van der Waals surface area contributed by atoms with Crippen molar-refractivity contribution in [2.45, 2.75) is 27.2 Å². The molecule has 2 heterocycles. The summed E-state index contributed by atoms with van der Waals surface area (Å²) in [7, 11) is 0. The highest BCUT2D eigenvalue weighted by molar-refractivity contribution is 5.92. The van der Waals surface area contributed by atoms with Crippen molar-refractivity contribution in [2.24, 2.45) is 5.41 Å². The van der Waals surface area contributed by atoms with Crippen LogP contribution in [0.25, 0.3) is 10.8 Å². The number of anilines is 1. The summed E-state index contributed by atoms with van der Waals surface area (Å²) in [6.07, 6.45) is 2.48. The van der Waals surface area contributed by atoms with Gasteiger partial charge in [0.15, 0.2) is 0 Å². The molecule has 1 saturated heterocycles. The van der Waals surface area contributed by atoms with Crippen molar-refractivity contribution in [1.29, 1.82) is 0 Å². The molecule has 0 atom stereocenters. The molecule has 4 heteroatoms. The number of nitrogens with zero attached hydrogens (tertiary/aromatic N) is 3. The molecule has 4 nitrogen and oxygen atoms in total. The van der Waals surface area contributed by atoms with Crippen LogP contribution in [0.2, 0.25) is 0 Å². The fourth-order valence-electron chi connectivity index (χ4n) is 3.09. The van der Waals surface area contributed by atoms with Gasteiger partial charge in [-0.3, -0.25) is 4.79 Å². The Kier molecular flexibility index (Phi) is 4.24. The predicted molar refractivity (Wildman–Crippen MR) is 94.6 cm³/mol. The smallest absolute Gasteiger partial charge is 0.223 e. The zero-order valence-electron chi connectivity index (χ0n) is 14.2. The highest BCUT2D eigenvalue weighted by Gasteiger charge is 2.25. The molecule has 1 aliphatic rings. The van der Waals surface area contributed by atoms with E-state index in [2.05, 4.69) is 54.9 Å². The molecule has 0 unspecified atom stereocenters. The minimum Gasteiger partial charge on any atom is -0.353 e. The van der Waals surface area contributed by atoms with Gasteiger partial charge in [-0.1, -0.05) is 45.0 Å². The first-order valence-corrected chi connectivity index (χ1v) is 8.30. The van der Waals surface area contributed by atoms with Crippen molar-refractivity contribution < 1.29 is 4.79 Å². The summed E-state index contributed by atoms with van der Waals surface area (Å²) in [4.78, 5) is 21.2. The van der Waals surface area contributed by atoms with Crippen molar-refractivity contribution in [3.63, 3.8) is 0 Å². The molecule has 23 heavy (non-hydrogen) atoms. The molecule has 0 spiro atoms. The van der Waals surface area contributed by atoms with Gasteiger partial charge < -0.3 is 9.80 Å². The van der Waals surface area contributed by atoms with Gasteiger partial charge in [-0.25, -0.2) is 4.98 Å². The van der Waals surface area contributed by atoms with Gasteiger partial charge in [0.05, 0.1) is 0 Å². The highest BCUT2D eigenvalue weighted by Crippen LogP contribution is 2.26. The van der Waals surface area contributed by atoms with Crippen LogP contribution in [0, 0.1) is 5.41 Å². The summed E-state index contributed by atoms with van der Waals surface area (Å²) in [5.41, 5.74) is 0.0470. The first kappa shape index (κ1) is 15.8. The number of aromatic nitrogens is 1. The maximum atomic E-state index is 12.4. The minimum atomic E-state index is 0.0470. The Balaban J connectivity index is 1.70. The Hall–Kier alpha value is -2.10. The second-order valence-electron chi connectivity index (χ2n) is 7.46.